The van der Waals surface area contributed by atoms with Crippen molar-refractivity contribution in [2.45, 2.75) is 38.3 Å². The van der Waals surface area contributed by atoms with E-state index < -0.39 is 12.1 Å². The molecule has 1 aliphatic carbocycles. The first-order chi connectivity index (χ1) is 8.04. The number of carboxylic acids is 1. The van der Waals surface area contributed by atoms with Gasteiger partial charge in [-0.25, -0.2) is 9.59 Å². The molecule has 0 spiro atoms. The number of methoxy groups -OCH3 is 1. The third-order valence-corrected chi connectivity index (χ3v) is 3.19. The quantitative estimate of drug-likeness (QED) is 0.660. The molecular weight excluding hydrogens is 224 g/mol. The van der Waals surface area contributed by atoms with Crippen molar-refractivity contribution in [3.05, 3.63) is 0 Å². The predicted molar refractivity (Wildman–Crippen MR) is 61.8 cm³/mol. The second-order valence-corrected chi connectivity index (χ2v) is 4.43. The number of hydrogen-bond donors (Lipinski definition) is 3. The van der Waals surface area contributed by atoms with Gasteiger partial charge in [-0.3, -0.25) is 0 Å². The maximum atomic E-state index is 11.5. The van der Waals surface area contributed by atoms with Crippen LogP contribution < -0.4 is 10.6 Å². The van der Waals surface area contributed by atoms with Gasteiger partial charge < -0.3 is 20.5 Å². The number of carboxylic acid groups (broad SMARTS) is 1. The topological polar surface area (TPSA) is 87.7 Å². The molecule has 0 aromatic heterocycles. The minimum absolute atomic E-state index is 0.0290. The Hall–Kier alpha value is -1.30. The van der Waals surface area contributed by atoms with E-state index >= 15 is 0 Å². The van der Waals surface area contributed by atoms with Gasteiger partial charge in [-0.2, -0.15) is 0 Å². The summed E-state index contributed by atoms with van der Waals surface area (Å²) in [5.41, 5.74) is 0. The van der Waals surface area contributed by atoms with Gasteiger partial charge in [0.15, 0.2) is 6.10 Å². The van der Waals surface area contributed by atoms with E-state index in [0.29, 0.717) is 5.92 Å². The Labute approximate surface area is 101 Å². The maximum Gasteiger partial charge on any atom is 0.334 e. The molecule has 17 heavy (non-hydrogen) atoms. The fourth-order valence-electron chi connectivity index (χ4n) is 2.04. The smallest absolute Gasteiger partial charge is 0.334 e. The molecule has 0 radical (unpaired) electrons. The normalized spacial score (nSPS) is 25.3. The van der Waals surface area contributed by atoms with Gasteiger partial charge in [-0.1, -0.05) is 13.3 Å². The highest BCUT2D eigenvalue weighted by atomic mass is 16.5. The molecule has 2 amide bonds. The molecular formula is C11H20N2O4. The lowest BCUT2D eigenvalue weighted by atomic mass is 10.1. The number of nitrogens with one attached hydrogen (secondary N) is 2. The van der Waals surface area contributed by atoms with Crippen LogP contribution in [0.1, 0.15) is 26.2 Å². The molecule has 1 rings (SSSR count). The Kier molecular flexibility index (Phi) is 5.21. The molecule has 0 saturated heterocycles. The number of ether oxygens (including phenoxy) is 1. The first kappa shape index (κ1) is 13.8. The molecule has 1 aliphatic rings. The third kappa shape index (κ3) is 4.22. The molecule has 1 fully saturated rings. The molecule has 6 heteroatoms. The zero-order valence-corrected chi connectivity index (χ0v) is 10.2. The molecule has 0 bridgehead atoms. The van der Waals surface area contributed by atoms with E-state index in [2.05, 4.69) is 17.6 Å². The van der Waals surface area contributed by atoms with Crippen molar-refractivity contribution in [3.63, 3.8) is 0 Å². The Balaban J connectivity index is 2.27. The average molecular weight is 244 g/mol. The van der Waals surface area contributed by atoms with Crippen molar-refractivity contribution in [2.24, 2.45) is 5.92 Å². The third-order valence-electron chi connectivity index (χ3n) is 3.19. The van der Waals surface area contributed by atoms with Crippen LogP contribution in [0, 0.1) is 5.92 Å². The van der Waals surface area contributed by atoms with Crippen molar-refractivity contribution in [3.8, 4) is 0 Å². The van der Waals surface area contributed by atoms with Crippen LogP contribution in [0.5, 0.6) is 0 Å². The summed E-state index contributed by atoms with van der Waals surface area (Å²) >= 11 is 0. The summed E-state index contributed by atoms with van der Waals surface area (Å²) in [6.07, 6.45) is 2.24. The predicted octanol–water partition coefficient (Wildman–Crippen LogP) is 0.574. The second kappa shape index (κ2) is 6.44. The highest BCUT2D eigenvalue weighted by Crippen LogP contribution is 2.24. The van der Waals surface area contributed by atoms with Gasteiger partial charge >= 0.3 is 12.0 Å². The average Bonchev–Trinajstić information content (AvgIpc) is 2.65. The van der Waals surface area contributed by atoms with E-state index in [4.69, 9.17) is 9.84 Å². The van der Waals surface area contributed by atoms with Crippen molar-refractivity contribution in [2.75, 3.05) is 13.7 Å². The van der Waals surface area contributed by atoms with E-state index in [9.17, 15) is 9.59 Å². The van der Waals surface area contributed by atoms with Crippen LogP contribution in [0.25, 0.3) is 0 Å². The first-order valence-electron chi connectivity index (χ1n) is 5.84. The fourth-order valence-corrected chi connectivity index (χ4v) is 2.04. The van der Waals surface area contributed by atoms with Crippen molar-refractivity contribution < 1.29 is 19.4 Å². The van der Waals surface area contributed by atoms with E-state index in [-0.39, 0.29) is 18.6 Å². The maximum absolute atomic E-state index is 11.5. The number of hydrogen-bond acceptors (Lipinski definition) is 3. The summed E-state index contributed by atoms with van der Waals surface area (Å²) in [7, 11) is 1.30. The Morgan fingerprint density at radius 1 is 1.47 bits per heavy atom. The summed E-state index contributed by atoms with van der Waals surface area (Å²) in [5.74, 6) is -0.597. The Morgan fingerprint density at radius 2 is 2.18 bits per heavy atom. The van der Waals surface area contributed by atoms with Gasteiger partial charge in [0.2, 0.25) is 0 Å². The molecule has 0 aromatic carbocycles. The van der Waals surface area contributed by atoms with E-state index in [1.807, 2.05) is 0 Å². The number of amides is 2. The van der Waals surface area contributed by atoms with Crippen molar-refractivity contribution in [1.29, 1.82) is 0 Å². The standard InChI is InChI=1S/C11H20N2O4/c1-7-4-3-5-8(7)13-11(16)12-6-9(17-2)10(14)15/h7-9H,3-6H2,1-2H3,(H,14,15)(H2,12,13,16). The van der Waals surface area contributed by atoms with E-state index in [1.165, 1.54) is 7.11 Å². The molecule has 6 nitrogen and oxygen atoms in total. The minimum Gasteiger partial charge on any atom is -0.479 e. The molecule has 0 aromatic rings. The van der Waals surface area contributed by atoms with Crippen LogP contribution in [-0.4, -0.2) is 42.9 Å². The molecule has 3 N–H and O–H groups in total. The van der Waals surface area contributed by atoms with Gasteiger partial charge in [0.25, 0.3) is 0 Å². The molecule has 1 saturated carbocycles. The zero-order chi connectivity index (χ0) is 12.8. The Morgan fingerprint density at radius 3 is 2.65 bits per heavy atom. The number of aliphatic carboxylic acids is 1. The highest BCUT2D eigenvalue weighted by Gasteiger charge is 2.25. The summed E-state index contributed by atoms with van der Waals surface area (Å²) in [4.78, 5) is 22.2. The van der Waals surface area contributed by atoms with E-state index in [0.717, 1.165) is 19.3 Å². The summed E-state index contributed by atoms with van der Waals surface area (Å²) in [6, 6.07) is -0.132. The molecule has 3 unspecified atom stereocenters. The van der Waals surface area contributed by atoms with Crippen LogP contribution in [-0.2, 0) is 9.53 Å². The van der Waals surface area contributed by atoms with Crippen molar-refractivity contribution >= 4 is 12.0 Å². The number of urea groups is 1. The van der Waals surface area contributed by atoms with Crippen LogP contribution in [0.2, 0.25) is 0 Å². The SMILES string of the molecule is COC(CNC(=O)NC1CCCC1C)C(=O)O. The second-order valence-electron chi connectivity index (χ2n) is 4.43. The van der Waals surface area contributed by atoms with Gasteiger partial charge in [-0.05, 0) is 18.8 Å². The van der Waals surface area contributed by atoms with Crippen LogP contribution in [0.3, 0.4) is 0 Å². The van der Waals surface area contributed by atoms with Crippen LogP contribution in [0.4, 0.5) is 4.79 Å². The lowest BCUT2D eigenvalue weighted by Gasteiger charge is -2.18. The minimum atomic E-state index is -1.08. The fraction of sp³-hybridized carbons (Fsp3) is 0.818. The molecule has 98 valence electrons. The molecule has 3 atom stereocenters. The highest BCUT2D eigenvalue weighted by molar-refractivity contribution is 5.77. The number of rotatable bonds is 5. The van der Waals surface area contributed by atoms with Gasteiger partial charge in [-0.15, -0.1) is 0 Å². The van der Waals surface area contributed by atoms with Gasteiger partial charge in [0.05, 0.1) is 6.54 Å². The summed E-state index contributed by atoms with van der Waals surface area (Å²) in [6.45, 7) is 2.08. The van der Waals surface area contributed by atoms with Crippen LogP contribution in [0.15, 0.2) is 0 Å². The van der Waals surface area contributed by atoms with E-state index in [1.54, 1.807) is 0 Å². The largest absolute Gasteiger partial charge is 0.479 e. The monoisotopic (exact) mass is 244 g/mol. The van der Waals surface area contributed by atoms with Crippen molar-refractivity contribution in [1.82, 2.24) is 10.6 Å². The summed E-state index contributed by atoms with van der Waals surface area (Å²) in [5, 5.41) is 14.1. The number of carbonyl (C=O) groups is 2. The Bertz CT molecular complexity index is 283. The van der Waals surface area contributed by atoms with Crippen LogP contribution >= 0.6 is 0 Å². The molecule has 0 heterocycles. The number of carbonyl (C=O) groups excluding carboxylic acids is 1. The first-order valence-corrected chi connectivity index (χ1v) is 5.84. The van der Waals surface area contributed by atoms with Gasteiger partial charge in [0, 0.05) is 13.2 Å². The zero-order valence-electron chi connectivity index (χ0n) is 10.2. The lowest BCUT2D eigenvalue weighted by molar-refractivity contribution is -0.147. The van der Waals surface area contributed by atoms with Gasteiger partial charge in [0.1, 0.15) is 0 Å². The summed E-state index contributed by atoms with van der Waals surface area (Å²) < 4.78 is 4.71. The lowest BCUT2D eigenvalue weighted by Crippen LogP contribution is -2.46. The molecule has 0 aliphatic heterocycles.